The number of nitrogens with zero attached hydrogens (tertiary/aromatic N) is 1. The normalized spacial score (nSPS) is 20.5. The van der Waals surface area contributed by atoms with E-state index in [0.29, 0.717) is 6.10 Å². The van der Waals surface area contributed by atoms with Crippen LogP contribution < -0.4 is 10.1 Å². The minimum absolute atomic E-state index is 0.443. The maximum atomic E-state index is 5.82. The summed E-state index contributed by atoms with van der Waals surface area (Å²) in [6, 6.07) is 6.38. The van der Waals surface area contributed by atoms with Crippen LogP contribution in [0.25, 0.3) is 0 Å². The fraction of sp³-hybridized carbons (Fsp3) is 0.600. The lowest BCUT2D eigenvalue weighted by Crippen LogP contribution is -2.36. The van der Waals surface area contributed by atoms with E-state index >= 15 is 0 Å². The second kappa shape index (κ2) is 5.80. The van der Waals surface area contributed by atoms with Gasteiger partial charge in [-0.05, 0) is 18.9 Å². The predicted molar refractivity (Wildman–Crippen MR) is 75.7 cm³/mol. The Kier molecular flexibility index (Phi) is 3.89. The third-order valence-corrected chi connectivity index (χ3v) is 4.02. The molecular formula is C15H22N2O2. The standard InChI is InChI=1S/C15H22N2O2/c1-18-13-5-8-17(9-6-13)11-12-3-2-4-14-15(12)19-10-7-16-14/h2-4,13,16H,5-11H2,1H3. The van der Waals surface area contributed by atoms with Crippen molar-refractivity contribution in [3.8, 4) is 5.75 Å². The zero-order chi connectivity index (χ0) is 13.1. The number of nitrogens with one attached hydrogen (secondary N) is 1. The molecule has 2 aliphatic rings. The van der Waals surface area contributed by atoms with Crippen molar-refractivity contribution in [1.29, 1.82) is 0 Å². The molecule has 0 spiro atoms. The number of anilines is 1. The summed E-state index contributed by atoms with van der Waals surface area (Å²) in [7, 11) is 1.81. The average Bonchev–Trinajstić information content (AvgIpc) is 2.48. The quantitative estimate of drug-likeness (QED) is 0.904. The Bertz CT molecular complexity index is 428. The van der Waals surface area contributed by atoms with Gasteiger partial charge in [0.25, 0.3) is 0 Å². The molecule has 0 unspecified atom stereocenters. The van der Waals surface area contributed by atoms with E-state index in [0.717, 1.165) is 57.1 Å². The molecule has 104 valence electrons. The first-order chi connectivity index (χ1) is 9.36. The Balaban J connectivity index is 1.67. The van der Waals surface area contributed by atoms with Crippen LogP contribution in [-0.4, -0.2) is 44.4 Å². The first kappa shape index (κ1) is 12.8. The number of ether oxygens (including phenoxy) is 2. The summed E-state index contributed by atoms with van der Waals surface area (Å²) in [5.74, 6) is 1.04. The second-order valence-corrected chi connectivity index (χ2v) is 5.28. The molecule has 0 amide bonds. The summed E-state index contributed by atoms with van der Waals surface area (Å²) in [6.07, 6.45) is 2.70. The molecule has 0 aliphatic carbocycles. The molecule has 0 radical (unpaired) electrons. The topological polar surface area (TPSA) is 33.7 Å². The monoisotopic (exact) mass is 262 g/mol. The lowest BCUT2D eigenvalue weighted by atomic mass is 10.1. The van der Waals surface area contributed by atoms with Gasteiger partial charge in [0.1, 0.15) is 12.4 Å². The van der Waals surface area contributed by atoms with Gasteiger partial charge < -0.3 is 14.8 Å². The largest absolute Gasteiger partial charge is 0.489 e. The van der Waals surface area contributed by atoms with Gasteiger partial charge in [0, 0.05) is 38.9 Å². The van der Waals surface area contributed by atoms with Gasteiger partial charge in [0.2, 0.25) is 0 Å². The van der Waals surface area contributed by atoms with Gasteiger partial charge in [0.05, 0.1) is 11.8 Å². The number of piperidine rings is 1. The third-order valence-electron chi connectivity index (χ3n) is 4.02. The molecule has 1 fully saturated rings. The van der Waals surface area contributed by atoms with Crippen molar-refractivity contribution in [3.05, 3.63) is 23.8 Å². The van der Waals surface area contributed by atoms with Crippen molar-refractivity contribution in [2.45, 2.75) is 25.5 Å². The lowest BCUT2D eigenvalue weighted by Gasteiger charge is -2.32. The van der Waals surface area contributed by atoms with E-state index in [1.54, 1.807) is 0 Å². The number of likely N-dealkylation sites (tertiary alicyclic amines) is 1. The maximum Gasteiger partial charge on any atom is 0.146 e. The Hall–Kier alpha value is -1.26. The van der Waals surface area contributed by atoms with Gasteiger partial charge in [-0.3, -0.25) is 4.90 Å². The van der Waals surface area contributed by atoms with Crippen LogP contribution in [-0.2, 0) is 11.3 Å². The molecule has 1 N–H and O–H groups in total. The summed E-state index contributed by atoms with van der Waals surface area (Å²) in [5.41, 5.74) is 2.43. The number of para-hydroxylation sites is 1. The SMILES string of the molecule is COC1CCN(Cc2cccc3c2OCCN3)CC1. The van der Waals surface area contributed by atoms with Gasteiger partial charge in [-0.2, -0.15) is 0 Å². The molecule has 0 aromatic heterocycles. The number of methoxy groups -OCH3 is 1. The Morgan fingerprint density at radius 3 is 3.00 bits per heavy atom. The van der Waals surface area contributed by atoms with Crippen molar-refractivity contribution < 1.29 is 9.47 Å². The van der Waals surface area contributed by atoms with E-state index in [1.165, 1.54) is 5.56 Å². The van der Waals surface area contributed by atoms with Gasteiger partial charge >= 0.3 is 0 Å². The highest BCUT2D eigenvalue weighted by Gasteiger charge is 2.21. The molecule has 0 bridgehead atoms. The molecule has 2 aliphatic heterocycles. The van der Waals surface area contributed by atoms with Crippen molar-refractivity contribution in [2.24, 2.45) is 0 Å². The van der Waals surface area contributed by atoms with Crippen LogP contribution >= 0.6 is 0 Å². The molecule has 4 nitrogen and oxygen atoms in total. The molecule has 0 atom stereocenters. The first-order valence-corrected chi connectivity index (χ1v) is 7.10. The van der Waals surface area contributed by atoms with E-state index in [9.17, 15) is 0 Å². The van der Waals surface area contributed by atoms with Crippen molar-refractivity contribution in [2.75, 3.05) is 38.7 Å². The predicted octanol–water partition coefficient (Wildman–Crippen LogP) is 2.10. The highest BCUT2D eigenvalue weighted by Crippen LogP contribution is 2.32. The second-order valence-electron chi connectivity index (χ2n) is 5.28. The maximum absolute atomic E-state index is 5.82. The van der Waals surface area contributed by atoms with Gasteiger partial charge in [-0.25, -0.2) is 0 Å². The molecule has 3 rings (SSSR count). The van der Waals surface area contributed by atoms with E-state index in [1.807, 2.05) is 7.11 Å². The fourth-order valence-electron chi connectivity index (χ4n) is 2.90. The van der Waals surface area contributed by atoms with Crippen LogP contribution in [0.15, 0.2) is 18.2 Å². The zero-order valence-corrected chi connectivity index (χ0v) is 11.5. The molecule has 19 heavy (non-hydrogen) atoms. The third kappa shape index (κ3) is 2.85. The minimum Gasteiger partial charge on any atom is -0.489 e. The summed E-state index contributed by atoms with van der Waals surface area (Å²) >= 11 is 0. The van der Waals surface area contributed by atoms with Crippen LogP contribution in [0.5, 0.6) is 5.75 Å². The van der Waals surface area contributed by atoms with Crippen molar-refractivity contribution in [3.63, 3.8) is 0 Å². The highest BCUT2D eigenvalue weighted by atomic mass is 16.5. The van der Waals surface area contributed by atoms with Gasteiger partial charge in [-0.15, -0.1) is 0 Å². The number of fused-ring (bicyclic) bond motifs is 1. The summed E-state index contributed by atoms with van der Waals surface area (Å²) in [4.78, 5) is 2.49. The van der Waals surface area contributed by atoms with Crippen LogP contribution in [0.1, 0.15) is 18.4 Å². The van der Waals surface area contributed by atoms with Gasteiger partial charge in [0.15, 0.2) is 0 Å². The zero-order valence-electron chi connectivity index (χ0n) is 11.5. The number of hydrogen-bond donors (Lipinski definition) is 1. The number of benzene rings is 1. The minimum atomic E-state index is 0.443. The summed E-state index contributed by atoms with van der Waals surface area (Å²) in [5, 5.41) is 3.39. The molecule has 1 saturated heterocycles. The van der Waals surface area contributed by atoms with E-state index in [-0.39, 0.29) is 0 Å². The summed E-state index contributed by atoms with van der Waals surface area (Å²) < 4.78 is 11.2. The van der Waals surface area contributed by atoms with E-state index < -0.39 is 0 Å². The first-order valence-electron chi connectivity index (χ1n) is 7.10. The molecule has 4 heteroatoms. The van der Waals surface area contributed by atoms with Crippen LogP contribution in [0.4, 0.5) is 5.69 Å². The smallest absolute Gasteiger partial charge is 0.146 e. The van der Waals surface area contributed by atoms with Gasteiger partial charge in [-0.1, -0.05) is 12.1 Å². The Morgan fingerprint density at radius 2 is 2.21 bits per heavy atom. The fourth-order valence-corrected chi connectivity index (χ4v) is 2.90. The molecule has 1 aromatic rings. The molecule has 0 saturated carbocycles. The lowest BCUT2D eigenvalue weighted by molar-refractivity contribution is 0.0386. The van der Waals surface area contributed by atoms with Crippen LogP contribution in [0.3, 0.4) is 0 Å². The number of hydrogen-bond acceptors (Lipinski definition) is 4. The van der Waals surface area contributed by atoms with Crippen molar-refractivity contribution >= 4 is 5.69 Å². The molecule has 1 aromatic carbocycles. The van der Waals surface area contributed by atoms with E-state index in [4.69, 9.17) is 9.47 Å². The van der Waals surface area contributed by atoms with Crippen molar-refractivity contribution in [1.82, 2.24) is 4.90 Å². The van der Waals surface area contributed by atoms with Crippen LogP contribution in [0, 0.1) is 0 Å². The molecule has 2 heterocycles. The van der Waals surface area contributed by atoms with Crippen LogP contribution in [0.2, 0.25) is 0 Å². The highest BCUT2D eigenvalue weighted by molar-refractivity contribution is 5.61. The average molecular weight is 262 g/mol. The summed E-state index contributed by atoms with van der Waals surface area (Å²) in [6.45, 7) is 4.85. The Morgan fingerprint density at radius 1 is 1.37 bits per heavy atom. The van der Waals surface area contributed by atoms with E-state index in [2.05, 4.69) is 28.4 Å². The molecular weight excluding hydrogens is 240 g/mol. The Labute approximate surface area is 114 Å². The number of rotatable bonds is 3.